The standard InChI is InChI=1S/C10H17N3O2/c1-13(6-7-14-2)10-8(11)4-5-9(12-10)15-3/h4-5H,6-7,11H2,1-3H3. The van der Waals surface area contributed by atoms with E-state index in [1.165, 1.54) is 0 Å². The Balaban J connectivity index is 2.81. The lowest BCUT2D eigenvalue weighted by Crippen LogP contribution is -2.24. The van der Waals surface area contributed by atoms with Crippen molar-refractivity contribution in [3.05, 3.63) is 12.1 Å². The molecule has 0 saturated heterocycles. The van der Waals surface area contributed by atoms with Crippen LogP contribution in [0.5, 0.6) is 5.88 Å². The molecule has 0 aliphatic rings. The van der Waals surface area contributed by atoms with Crippen molar-refractivity contribution >= 4 is 11.5 Å². The molecule has 84 valence electrons. The molecular weight excluding hydrogens is 194 g/mol. The minimum Gasteiger partial charge on any atom is -0.481 e. The zero-order valence-electron chi connectivity index (χ0n) is 9.36. The van der Waals surface area contributed by atoms with Crippen molar-refractivity contribution < 1.29 is 9.47 Å². The molecule has 0 aromatic carbocycles. The van der Waals surface area contributed by atoms with Crippen molar-refractivity contribution in [2.75, 3.05) is 45.1 Å². The highest BCUT2D eigenvalue weighted by Gasteiger charge is 2.08. The van der Waals surface area contributed by atoms with Gasteiger partial charge in [-0.15, -0.1) is 0 Å². The van der Waals surface area contributed by atoms with Gasteiger partial charge in [0.2, 0.25) is 5.88 Å². The normalized spacial score (nSPS) is 10.1. The third kappa shape index (κ3) is 2.99. The summed E-state index contributed by atoms with van der Waals surface area (Å²) in [6.07, 6.45) is 0. The average Bonchev–Trinajstić information content (AvgIpc) is 2.26. The largest absolute Gasteiger partial charge is 0.481 e. The minimum absolute atomic E-state index is 0.559. The van der Waals surface area contributed by atoms with E-state index in [1.54, 1.807) is 26.4 Å². The van der Waals surface area contributed by atoms with Crippen molar-refractivity contribution in [2.45, 2.75) is 0 Å². The summed E-state index contributed by atoms with van der Waals surface area (Å²) in [6.45, 7) is 1.37. The van der Waals surface area contributed by atoms with Gasteiger partial charge < -0.3 is 20.1 Å². The molecule has 2 N–H and O–H groups in total. The van der Waals surface area contributed by atoms with Gasteiger partial charge in [0, 0.05) is 26.8 Å². The van der Waals surface area contributed by atoms with E-state index in [9.17, 15) is 0 Å². The van der Waals surface area contributed by atoms with E-state index >= 15 is 0 Å². The lowest BCUT2D eigenvalue weighted by atomic mass is 10.3. The molecule has 0 aliphatic carbocycles. The van der Waals surface area contributed by atoms with Crippen LogP contribution >= 0.6 is 0 Å². The van der Waals surface area contributed by atoms with E-state index in [1.807, 2.05) is 11.9 Å². The number of rotatable bonds is 5. The Kier molecular flexibility index (Phi) is 4.17. The lowest BCUT2D eigenvalue weighted by Gasteiger charge is -2.19. The molecule has 0 amide bonds. The van der Waals surface area contributed by atoms with Crippen molar-refractivity contribution in [2.24, 2.45) is 0 Å². The number of likely N-dealkylation sites (N-methyl/N-ethyl adjacent to an activating group) is 1. The highest BCUT2D eigenvalue weighted by Crippen LogP contribution is 2.22. The molecule has 5 heteroatoms. The fraction of sp³-hybridized carbons (Fsp3) is 0.500. The molecule has 15 heavy (non-hydrogen) atoms. The van der Waals surface area contributed by atoms with Gasteiger partial charge in [-0.25, -0.2) is 0 Å². The Morgan fingerprint density at radius 2 is 2.13 bits per heavy atom. The highest BCUT2D eigenvalue weighted by molar-refractivity contribution is 5.63. The lowest BCUT2D eigenvalue weighted by molar-refractivity contribution is 0.206. The molecule has 0 spiro atoms. The van der Waals surface area contributed by atoms with Gasteiger partial charge in [0.25, 0.3) is 0 Å². The summed E-state index contributed by atoms with van der Waals surface area (Å²) in [4.78, 5) is 6.20. The van der Waals surface area contributed by atoms with Crippen molar-refractivity contribution in [3.8, 4) is 5.88 Å². The molecular formula is C10H17N3O2. The number of hydrogen-bond acceptors (Lipinski definition) is 5. The molecule has 1 rings (SSSR count). The molecule has 0 unspecified atom stereocenters. The van der Waals surface area contributed by atoms with Crippen LogP contribution in [-0.2, 0) is 4.74 Å². The van der Waals surface area contributed by atoms with E-state index < -0.39 is 0 Å². The first kappa shape index (κ1) is 11.6. The van der Waals surface area contributed by atoms with Crippen LogP contribution in [0.25, 0.3) is 0 Å². The van der Waals surface area contributed by atoms with Gasteiger partial charge >= 0.3 is 0 Å². The number of nitrogens with two attached hydrogens (primary N) is 1. The summed E-state index contributed by atoms with van der Waals surface area (Å²) in [5.74, 6) is 1.27. The number of anilines is 2. The molecule has 1 heterocycles. The van der Waals surface area contributed by atoms with E-state index in [0.29, 0.717) is 24.0 Å². The number of hydrogen-bond donors (Lipinski definition) is 1. The number of nitrogens with zero attached hydrogens (tertiary/aromatic N) is 2. The summed E-state index contributed by atoms with van der Waals surface area (Å²) in [5.41, 5.74) is 6.45. The van der Waals surface area contributed by atoms with Crippen LogP contribution in [0.1, 0.15) is 0 Å². The predicted molar refractivity (Wildman–Crippen MR) is 60.3 cm³/mol. The number of ether oxygens (including phenoxy) is 2. The number of methoxy groups -OCH3 is 2. The zero-order chi connectivity index (χ0) is 11.3. The van der Waals surface area contributed by atoms with Crippen LogP contribution in [0, 0.1) is 0 Å². The second-order valence-corrected chi connectivity index (χ2v) is 3.18. The first-order valence-corrected chi connectivity index (χ1v) is 4.69. The monoisotopic (exact) mass is 211 g/mol. The summed E-state index contributed by atoms with van der Waals surface area (Å²) >= 11 is 0. The Morgan fingerprint density at radius 3 is 2.73 bits per heavy atom. The van der Waals surface area contributed by atoms with Crippen molar-refractivity contribution in [1.29, 1.82) is 0 Å². The maximum atomic E-state index is 5.82. The number of nitrogen functional groups attached to an aromatic ring is 1. The van der Waals surface area contributed by atoms with E-state index in [4.69, 9.17) is 15.2 Å². The Morgan fingerprint density at radius 1 is 1.40 bits per heavy atom. The quantitative estimate of drug-likeness (QED) is 0.779. The summed E-state index contributed by atoms with van der Waals surface area (Å²) in [6, 6.07) is 3.52. The molecule has 1 aromatic heterocycles. The molecule has 0 radical (unpaired) electrons. The van der Waals surface area contributed by atoms with Crippen molar-refractivity contribution in [1.82, 2.24) is 4.98 Å². The second-order valence-electron chi connectivity index (χ2n) is 3.18. The number of pyridine rings is 1. The summed E-state index contributed by atoms with van der Waals surface area (Å²) < 4.78 is 10.0. The van der Waals surface area contributed by atoms with Gasteiger partial charge in [-0.05, 0) is 6.07 Å². The molecule has 0 saturated carbocycles. The first-order valence-electron chi connectivity index (χ1n) is 4.69. The number of aromatic nitrogens is 1. The second kappa shape index (κ2) is 5.41. The Hall–Kier alpha value is -1.49. The average molecular weight is 211 g/mol. The van der Waals surface area contributed by atoms with Crippen LogP contribution in [0.15, 0.2) is 12.1 Å². The van der Waals surface area contributed by atoms with Gasteiger partial charge in [-0.1, -0.05) is 0 Å². The Bertz CT molecular complexity index is 318. The van der Waals surface area contributed by atoms with E-state index in [0.717, 1.165) is 6.54 Å². The van der Waals surface area contributed by atoms with Gasteiger partial charge in [0.05, 0.1) is 19.4 Å². The van der Waals surface area contributed by atoms with Gasteiger partial charge in [-0.2, -0.15) is 4.98 Å². The van der Waals surface area contributed by atoms with E-state index in [2.05, 4.69) is 4.98 Å². The smallest absolute Gasteiger partial charge is 0.215 e. The van der Waals surface area contributed by atoms with E-state index in [-0.39, 0.29) is 0 Å². The molecule has 5 nitrogen and oxygen atoms in total. The fourth-order valence-electron chi connectivity index (χ4n) is 1.20. The third-order valence-electron chi connectivity index (χ3n) is 2.08. The molecule has 0 atom stereocenters. The molecule has 1 aromatic rings. The predicted octanol–water partition coefficient (Wildman–Crippen LogP) is 0.755. The van der Waals surface area contributed by atoms with Crippen LogP contribution in [0.2, 0.25) is 0 Å². The van der Waals surface area contributed by atoms with Crippen LogP contribution in [0.4, 0.5) is 11.5 Å². The molecule has 0 bridgehead atoms. The summed E-state index contributed by atoms with van der Waals surface area (Å²) in [5, 5.41) is 0. The zero-order valence-corrected chi connectivity index (χ0v) is 9.36. The highest BCUT2D eigenvalue weighted by atomic mass is 16.5. The minimum atomic E-state index is 0.559. The fourth-order valence-corrected chi connectivity index (χ4v) is 1.20. The van der Waals surface area contributed by atoms with Crippen LogP contribution < -0.4 is 15.4 Å². The van der Waals surface area contributed by atoms with Gasteiger partial charge in [-0.3, -0.25) is 0 Å². The SMILES string of the molecule is COCCN(C)c1nc(OC)ccc1N. The van der Waals surface area contributed by atoms with Crippen LogP contribution in [0.3, 0.4) is 0 Å². The maximum Gasteiger partial charge on any atom is 0.215 e. The summed E-state index contributed by atoms with van der Waals surface area (Å²) in [7, 11) is 5.16. The van der Waals surface area contributed by atoms with Crippen molar-refractivity contribution in [3.63, 3.8) is 0 Å². The maximum absolute atomic E-state index is 5.82. The molecule has 0 fully saturated rings. The van der Waals surface area contributed by atoms with Crippen LogP contribution in [-0.4, -0.2) is 39.4 Å². The van der Waals surface area contributed by atoms with Gasteiger partial charge in [0.1, 0.15) is 0 Å². The van der Waals surface area contributed by atoms with Gasteiger partial charge in [0.15, 0.2) is 5.82 Å². The topological polar surface area (TPSA) is 60.6 Å². The first-order chi connectivity index (χ1) is 7.19. The molecule has 0 aliphatic heterocycles. The Labute approximate surface area is 89.8 Å². The third-order valence-corrected chi connectivity index (χ3v) is 2.08.